The molecule has 0 saturated carbocycles. The molecule has 0 aliphatic heterocycles. The number of nitrogens with one attached hydrogen (secondary N) is 1. The molecule has 0 aliphatic carbocycles. The summed E-state index contributed by atoms with van der Waals surface area (Å²) in [6, 6.07) is 10.3. The average molecular weight is 586 g/mol. The number of benzene rings is 2. The van der Waals surface area contributed by atoms with Crippen LogP contribution in [0.2, 0.25) is 0 Å². The lowest BCUT2D eigenvalue weighted by Crippen LogP contribution is -2.14. The van der Waals surface area contributed by atoms with Gasteiger partial charge in [-0.1, -0.05) is 87.9 Å². The molecule has 0 amide bonds. The lowest BCUT2D eigenvalue weighted by Gasteiger charge is -2.20. The molecule has 1 aromatic heterocycles. The summed E-state index contributed by atoms with van der Waals surface area (Å²) in [7, 11) is 0. The molecule has 0 fully saturated rings. The topological polar surface area (TPSA) is 79.5 Å². The summed E-state index contributed by atoms with van der Waals surface area (Å²) in [5, 5.41) is 13.4. The minimum absolute atomic E-state index is 0.0755. The van der Waals surface area contributed by atoms with E-state index in [9.17, 15) is 14.7 Å². The summed E-state index contributed by atoms with van der Waals surface area (Å²) in [6.07, 6.45) is 8.88. The van der Waals surface area contributed by atoms with Crippen LogP contribution in [-0.4, -0.2) is 11.1 Å². The number of hydrogen-bond acceptors (Lipinski definition) is 4. The smallest absolute Gasteiger partial charge is 0.337 e. The molecule has 2 N–H and O–H groups in total. The standard InChI is InChI=1S/C31H35NO4.C5H10.C2H6/c1-18(2)12-14-23(15-13-19(3)4)29-21(6)28(33)26-17-20(5)16-25(30(26)36-29)22(7)32-27-11-9-8-10-24(27)31(34)35;1-4-5(2)3;1-2/h8-12,14-17,19,22,32H,1,13H2,2-7H3,(H,34,35);4H,1-3H3;1-2H3/b14-12-,23-15-;;. The molecule has 1 heterocycles. The molecular formula is C38H51NO4. The third-order valence-electron chi connectivity index (χ3n) is 6.58. The lowest BCUT2D eigenvalue weighted by atomic mass is 9.97. The van der Waals surface area contributed by atoms with E-state index in [0.717, 1.165) is 28.7 Å². The van der Waals surface area contributed by atoms with Crippen LogP contribution in [-0.2, 0) is 0 Å². The SMILES string of the molecule is C=C(C)/C=C\C(=C\CC(C)C)c1oc2c(C(C)Nc3ccccc3C(=O)O)cc(C)cc2c(=O)c1C.CC.CC=C(C)C. The summed E-state index contributed by atoms with van der Waals surface area (Å²) in [5.74, 6) is -0.0237. The van der Waals surface area contributed by atoms with E-state index in [1.54, 1.807) is 31.2 Å². The number of para-hydroxylation sites is 1. The summed E-state index contributed by atoms with van der Waals surface area (Å²) < 4.78 is 6.52. The molecule has 0 radical (unpaired) electrons. The number of anilines is 1. The third-order valence-corrected chi connectivity index (χ3v) is 6.58. The van der Waals surface area contributed by atoms with Gasteiger partial charge in [-0.2, -0.15) is 0 Å². The largest absolute Gasteiger partial charge is 0.478 e. The van der Waals surface area contributed by atoms with Crippen molar-refractivity contribution in [1.82, 2.24) is 0 Å². The van der Waals surface area contributed by atoms with E-state index < -0.39 is 5.97 Å². The fourth-order valence-corrected chi connectivity index (χ4v) is 4.10. The van der Waals surface area contributed by atoms with Crippen LogP contribution in [0.4, 0.5) is 5.69 Å². The molecular weight excluding hydrogens is 534 g/mol. The molecule has 1 unspecified atom stereocenters. The van der Waals surface area contributed by atoms with Crippen LogP contribution in [0.25, 0.3) is 16.5 Å². The second-order valence-corrected chi connectivity index (χ2v) is 11.2. The Morgan fingerprint density at radius 1 is 1.05 bits per heavy atom. The first-order valence-electron chi connectivity index (χ1n) is 15.1. The molecule has 43 heavy (non-hydrogen) atoms. The van der Waals surface area contributed by atoms with E-state index in [0.29, 0.717) is 33.9 Å². The fourth-order valence-electron chi connectivity index (χ4n) is 4.10. The van der Waals surface area contributed by atoms with Crippen molar-refractivity contribution in [2.75, 3.05) is 5.32 Å². The molecule has 0 spiro atoms. The van der Waals surface area contributed by atoms with Crippen LogP contribution in [0, 0.1) is 19.8 Å². The highest BCUT2D eigenvalue weighted by Crippen LogP contribution is 2.32. The normalized spacial score (nSPS) is 11.8. The second kappa shape index (κ2) is 17.7. The molecule has 0 saturated heterocycles. The first-order chi connectivity index (χ1) is 20.3. The van der Waals surface area contributed by atoms with E-state index in [2.05, 4.69) is 51.7 Å². The lowest BCUT2D eigenvalue weighted by molar-refractivity contribution is 0.0698. The Labute approximate surface area is 258 Å². The number of carboxylic acid groups (broad SMARTS) is 1. The highest BCUT2D eigenvalue weighted by atomic mass is 16.4. The van der Waals surface area contributed by atoms with Crippen LogP contribution >= 0.6 is 0 Å². The van der Waals surface area contributed by atoms with Crippen molar-refractivity contribution in [3.63, 3.8) is 0 Å². The molecule has 5 heteroatoms. The van der Waals surface area contributed by atoms with Gasteiger partial charge in [-0.15, -0.1) is 0 Å². The maximum absolute atomic E-state index is 13.5. The zero-order chi connectivity index (χ0) is 32.9. The molecule has 3 rings (SSSR count). The van der Waals surface area contributed by atoms with Crippen LogP contribution in [0.1, 0.15) is 108 Å². The number of carbonyl (C=O) groups is 1. The van der Waals surface area contributed by atoms with Crippen LogP contribution in [0.3, 0.4) is 0 Å². The van der Waals surface area contributed by atoms with Gasteiger partial charge in [-0.05, 0) is 84.6 Å². The first kappa shape index (κ1) is 36.9. The Bertz CT molecular complexity index is 1550. The number of aromatic carboxylic acids is 1. The quantitative estimate of drug-likeness (QED) is 0.193. The van der Waals surface area contributed by atoms with Gasteiger partial charge in [0, 0.05) is 22.4 Å². The molecule has 232 valence electrons. The second-order valence-electron chi connectivity index (χ2n) is 11.2. The molecule has 1 atom stereocenters. The number of aryl methyl sites for hydroxylation is 1. The molecule has 2 aromatic carbocycles. The van der Waals surface area contributed by atoms with Crippen molar-refractivity contribution < 1.29 is 14.3 Å². The van der Waals surface area contributed by atoms with Gasteiger partial charge in [-0.25, -0.2) is 4.79 Å². The number of fused-ring (bicyclic) bond motifs is 1. The molecule has 3 aromatic rings. The van der Waals surface area contributed by atoms with Gasteiger partial charge in [-0.3, -0.25) is 4.79 Å². The molecule has 0 aliphatic rings. The van der Waals surface area contributed by atoms with Crippen LogP contribution in [0.5, 0.6) is 0 Å². The average Bonchev–Trinajstić information content (AvgIpc) is 2.96. The van der Waals surface area contributed by atoms with Crippen molar-refractivity contribution in [2.24, 2.45) is 5.92 Å². The predicted octanol–water partition coefficient (Wildman–Crippen LogP) is 10.8. The molecule has 5 nitrogen and oxygen atoms in total. The van der Waals surface area contributed by atoms with Crippen molar-refractivity contribution in [3.8, 4) is 0 Å². The van der Waals surface area contributed by atoms with Gasteiger partial charge >= 0.3 is 5.97 Å². The Morgan fingerprint density at radius 2 is 1.65 bits per heavy atom. The minimum Gasteiger partial charge on any atom is -0.478 e. The van der Waals surface area contributed by atoms with E-state index in [-0.39, 0.29) is 17.0 Å². The summed E-state index contributed by atoms with van der Waals surface area (Å²) in [4.78, 5) is 25.2. The van der Waals surface area contributed by atoms with Crippen molar-refractivity contribution in [2.45, 2.75) is 88.6 Å². The van der Waals surface area contributed by atoms with E-state index in [1.807, 2.05) is 65.8 Å². The highest BCUT2D eigenvalue weighted by Gasteiger charge is 2.20. The Morgan fingerprint density at radius 3 is 2.19 bits per heavy atom. The monoisotopic (exact) mass is 585 g/mol. The number of carboxylic acids is 1. The fraction of sp³-hybridized carbons (Fsp3) is 0.368. The van der Waals surface area contributed by atoms with Crippen LogP contribution < -0.4 is 10.7 Å². The van der Waals surface area contributed by atoms with Gasteiger partial charge in [0.1, 0.15) is 11.3 Å². The zero-order valence-electron chi connectivity index (χ0n) is 28.0. The minimum atomic E-state index is -1.01. The van der Waals surface area contributed by atoms with Crippen molar-refractivity contribution in [3.05, 3.63) is 117 Å². The third kappa shape index (κ3) is 10.9. The summed E-state index contributed by atoms with van der Waals surface area (Å²) in [5.41, 5.74) is 6.50. The Hall–Kier alpha value is -4.12. The first-order valence-corrected chi connectivity index (χ1v) is 15.1. The summed E-state index contributed by atoms with van der Waals surface area (Å²) in [6.45, 7) is 26.0. The zero-order valence-corrected chi connectivity index (χ0v) is 28.0. The van der Waals surface area contributed by atoms with E-state index >= 15 is 0 Å². The van der Waals surface area contributed by atoms with Gasteiger partial charge in [0.05, 0.1) is 17.0 Å². The van der Waals surface area contributed by atoms with Gasteiger partial charge in [0.2, 0.25) is 0 Å². The summed E-state index contributed by atoms with van der Waals surface area (Å²) >= 11 is 0. The Kier molecular flexibility index (Phi) is 15.2. The maximum Gasteiger partial charge on any atom is 0.337 e. The highest BCUT2D eigenvalue weighted by molar-refractivity contribution is 5.94. The molecule has 0 bridgehead atoms. The maximum atomic E-state index is 13.5. The Balaban J connectivity index is 0.00000120. The van der Waals surface area contributed by atoms with Crippen molar-refractivity contribution in [1.29, 1.82) is 0 Å². The number of hydrogen-bond donors (Lipinski definition) is 2. The predicted molar refractivity (Wildman–Crippen MR) is 185 cm³/mol. The van der Waals surface area contributed by atoms with E-state index in [1.165, 1.54) is 5.57 Å². The van der Waals surface area contributed by atoms with Crippen molar-refractivity contribution >= 4 is 28.2 Å². The van der Waals surface area contributed by atoms with Gasteiger partial charge in [0.15, 0.2) is 5.43 Å². The van der Waals surface area contributed by atoms with E-state index in [4.69, 9.17) is 4.42 Å². The van der Waals surface area contributed by atoms with Crippen LogP contribution in [0.15, 0.2) is 87.6 Å². The van der Waals surface area contributed by atoms with Gasteiger partial charge < -0.3 is 14.8 Å². The van der Waals surface area contributed by atoms with Gasteiger partial charge in [0.25, 0.3) is 0 Å². The number of allylic oxidation sites excluding steroid dienone is 7. The number of rotatable bonds is 9.